The summed E-state index contributed by atoms with van der Waals surface area (Å²) in [5, 5.41) is 0. The molecule has 0 aromatic rings. The Bertz CT molecular complexity index is 126. The van der Waals surface area contributed by atoms with Gasteiger partial charge < -0.3 is 5.73 Å². The van der Waals surface area contributed by atoms with Gasteiger partial charge in [0.1, 0.15) is 0 Å². The number of nitrogens with two attached hydrogens (primary N) is 1. The predicted molar refractivity (Wildman–Crippen MR) is 53.4 cm³/mol. The van der Waals surface area contributed by atoms with Crippen LogP contribution in [-0.2, 0) is 0 Å². The monoisotopic (exact) mass is 193 g/mol. The molecule has 0 aromatic carbocycles. The van der Waals surface area contributed by atoms with Gasteiger partial charge in [0, 0.05) is 6.04 Å². The third kappa shape index (κ3) is 1.85. The van der Waals surface area contributed by atoms with Crippen LogP contribution in [0.15, 0.2) is 0 Å². The van der Waals surface area contributed by atoms with E-state index in [0.717, 1.165) is 5.41 Å². The molecule has 0 atom stereocenters. The van der Waals surface area contributed by atoms with Crippen molar-refractivity contribution in [3.05, 3.63) is 0 Å². The lowest BCUT2D eigenvalue weighted by atomic mass is 9.75. The smallest absolute Gasteiger partial charge is 0.00392 e. The Balaban J connectivity index is 0.000000605. The number of hydrogen-bond acceptors (Lipinski definition) is 2. The molecular formula is C8H16ClNS. The fourth-order valence-corrected chi connectivity index (χ4v) is 3.29. The molecule has 2 rings (SSSR count). The average Bonchev–Trinajstić information content (AvgIpc) is 1.86. The van der Waals surface area contributed by atoms with E-state index in [4.69, 9.17) is 5.73 Å². The zero-order valence-electron chi connectivity index (χ0n) is 6.71. The van der Waals surface area contributed by atoms with Gasteiger partial charge in [0.05, 0.1) is 0 Å². The zero-order chi connectivity index (χ0) is 7.03. The summed E-state index contributed by atoms with van der Waals surface area (Å²) >= 11 is 2.10. The summed E-state index contributed by atoms with van der Waals surface area (Å²) in [4.78, 5) is 0. The van der Waals surface area contributed by atoms with Gasteiger partial charge in [-0.3, -0.25) is 0 Å². The Hall–Kier alpha value is 0.600. The maximum Gasteiger partial charge on any atom is 0.00392 e. The van der Waals surface area contributed by atoms with Crippen LogP contribution >= 0.6 is 24.2 Å². The van der Waals surface area contributed by atoms with Gasteiger partial charge in [-0.2, -0.15) is 11.8 Å². The first-order chi connectivity index (χ1) is 4.81. The zero-order valence-corrected chi connectivity index (χ0v) is 8.35. The van der Waals surface area contributed by atoms with Crippen molar-refractivity contribution in [3.8, 4) is 0 Å². The highest BCUT2D eigenvalue weighted by atomic mass is 35.5. The normalized spacial score (nSPS) is 29.2. The molecule has 3 heteroatoms. The lowest BCUT2D eigenvalue weighted by molar-refractivity contribution is 0.223. The van der Waals surface area contributed by atoms with Crippen molar-refractivity contribution in [1.29, 1.82) is 0 Å². The van der Waals surface area contributed by atoms with Gasteiger partial charge in [0.25, 0.3) is 0 Å². The first-order valence-corrected chi connectivity index (χ1v) is 5.30. The third-order valence-electron chi connectivity index (χ3n) is 2.91. The SMILES string of the molecule is Cl.NC1CCC2(CC1)CSC2. The van der Waals surface area contributed by atoms with Gasteiger partial charge in [-0.15, -0.1) is 12.4 Å². The van der Waals surface area contributed by atoms with Crippen LogP contribution in [0.5, 0.6) is 0 Å². The molecule has 1 aliphatic heterocycles. The second kappa shape index (κ2) is 3.55. The standard InChI is InChI=1S/C8H15NS.ClH/c9-7-1-3-8(4-2-7)5-10-6-8;/h7H,1-6,9H2;1H. The summed E-state index contributed by atoms with van der Waals surface area (Å²) in [5.41, 5.74) is 6.59. The maximum atomic E-state index is 5.83. The number of halogens is 1. The highest BCUT2D eigenvalue weighted by Gasteiger charge is 2.39. The molecule has 66 valence electrons. The van der Waals surface area contributed by atoms with E-state index in [1.807, 2.05) is 0 Å². The molecule has 0 aromatic heterocycles. The molecule has 1 saturated heterocycles. The van der Waals surface area contributed by atoms with Gasteiger partial charge in [-0.05, 0) is 42.6 Å². The van der Waals surface area contributed by atoms with E-state index in [2.05, 4.69) is 11.8 Å². The molecule has 11 heavy (non-hydrogen) atoms. The molecule has 0 bridgehead atoms. The van der Waals surface area contributed by atoms with Crippen LogP contribution in [0, 0.1) is 5.41 Å². The van der Waals surface area contributed by atoms with E-state index in [1.54, 1.807) is 0 Å². The van der Waals surface area contributed by atoms with Crippen LogP contribution in [0.1, 0.15) is 25.7 Å². The molecule has 1 heterocycles. The maximum absolute atomic E-state index is 5.83. The fourth-order valence-electron chi connectivity index (χ4n) is 1.93. The highest BCUT2D eigenvalue weighted by Crippen LogP contribution is 2.48. The Labute approximate surface area is 78.9 Å². The van der Waals surface area contributed by atoms with Crippen molar-refractivity contribution >= 4 is 24.2 Å². The minimum absolute atomic E-state index is 0. The van der Waals surface area contributed by atoms with Gasteiger partial charge >= 0.3 is 0 Å². The Morgan fingerprint density at radius 2 is 1.73 bits per heavy atom. The van der Waals surface area contributed by atoms with E-state index in [9.17, 15) is 0 Å². The van der Waals surface area contributed by atoms with Crippen molar-refractivity contribution in [2.24, 2.45) is 11.1 Å². The molecule has 0 amide bonds. The topological polar surface area (TPSA) is 26.0 Å². The Kier molecular flexibility index (Phi) is 3.12. The first-order valence-electron chi connectivity index (χ1n) is 4.14. The summed E-state index contributed by atoms with van der Waals surface area (Å²) in [6.45, 7) is 0. The largest absolute Gasteiger partial charge is 0.328 e. The third-order valence-corrected chi connectivity index (χ3v) is 4.54. The molecule has 2 aliphatic rings. The molecule has 1 saturated carbocycles. The predicted octanol–water partition coefficient (Wildman–Crippen LogP) is 2.04. The first kappa shape index (κ1) is 9.69. The van der Waals surface area contributed by atoms with Gasteiger partial charge in [-0.25, -0.2) is 0 Å². The van der Waals surface area contributed by atoms with Crippen LogP contribution in [0.2, 0.25) is 0 Å². The van der Waals surface area contributed by atoms with E-state index in [0.29, 0.717) is 6.04 Å². The van der Waals surface area contributed by atoms with Crippen LogP contribution in [0.4, 0.5) is 0 Å². The number of hydrogen-bond donors (Lipinski definition) is 1. The molecule has 0 radical (unpaired) electrons. The van der Waals surface area contributed by atoms with Crippen LogP contribution in [0.3, 0.4) is 0 Å². The minimum atomic E-state index is 0. The van der Waals surface area contributed by atoms with Crippen molar-refractivity contribution < 1.29 is 0 Å². The van der Waals surface area contributed by atoms with Crippen LogP contribution in [-0.4, -0.2) is 17.5 Å². The minimum Gasteiger partial charge on any atom is -0.328 e. The lowest BCUT2D eigenvalue weighted by Crippen LogP contribution is -2.42. The average molecular weight is 194 g/mol. The second-order valence-electron chi connectivity index (χ2n) is 3.83. The summed E-state index contributed by atoms with van der Waals surface area (Å²) in [6, 6.07) is 0.524. The number of rotatable bonds is 0. The molecule has 1 aliphatic carbocycles. The van der Waals surface area contributed by atoms with Crippen LogP contribution in [0.25, 0.3) is 0 Å². The van der Waals surface area contributed by atoms with Gasteiger partial charge in [0.2, 0.25) is 0 Å². The highest BCUT2D eigenvalue weighted by molar-refractivity contribution is 8.00. The van der Waals surface area contributed by atoms with E-state index in [1.165, 1.54) is 37.2 Å². The summed E-state index contributed by atoms with van der Waals surface area (Å²) in [7, 11) is 0. The van der Waals surface area contributed by atoms with E-state index >= 15 is 0 Å². The number of thioether (sulfide) groups is 1. The molecular weight excluding hydrogens is 178 g/mol. The van der Waals surface area contributed by atoms with Gasteiger partial charge in [-0.1, -0.05) is 0 Å². The van der Waals surface area contributed by atoms with Gasteiger partial charge in [0.15, 0.2) is 0 Å². The Morgan fingerprint density at radius 3 is 2.09 bits per heavy atom. The Morgan fingerprint density at radius 1 is 1.18 bits per heavy atom. The van der Waals surface area contributed by atoms with Crippen molar-refractivity contribution in [3.63, 3.8) is 0 Å². The lowest BCUT2D eigenvalue weighted by Gasteiger charge is -2.45. The quantitative estimate of drug-likeness (QED) is 0.638. The van der Waals surface area contributed by atoms with Crippen LogP contribution < -0.4 is 5.73 Å². The summed E-state index contributed by atoms with van der Waals surface area (Å²) < 4.78 is 0. The molecule has 2 fully saturated rings. The fraction of sp³-hybridized carbons (Fsp3) is 1.00. The molecule has 1 spiro atoms. The van der Waals surface area contributed by atoms with Crippen molar-refractivity contribution in [2.45, 2.75) is 31.7 Å². The molecule has 1 nitrogen and oxygen atoms in total. The molecule has 0 unspecified atom stereocenters. The van der Waals surface area contributed by atoms with Crippen molar-refractivity contribution in [2.75, 3.05) is 11.5 Å². The summed E-state index contributed by atoms with van der Waals surface area (Å²) in [5.74, 6) is 2.83. The molecule has 2 N–H and O–H groups in total. The van der Waals surface area contributed by atoms with Crippen molar-refractivity contribution in [1.82, 2.24) is 0 Å². The van der Waals surface area contributed by atoms with E-state index in [-0.39, 0.29) is 12.4 Å². The second-order valence-corrected chi connectivity index (χ2v) is 4.82. The van der Waals surface area contributed by atoms with E-state index < -0.39 is 0 Å². The summed E-state index contributed by atoms with van der Waals surface area (Å²) in [6.07, 6.45) is 5.36.